The second-order valence-electron chi connectivity index (χ2n) is 7.75. The highest BCUT2D eigenvalue weighted by Crippen LogP contribution is 2.24. The van der Waals surface area contributed by atoms with Crippen LogP contribution in [0.1, 0.15) is 28.7 Å². The van der Waals surface area contributed by atoms with Crippen molar-refractivity contribution in [2.75, 3.05) is 26.3 Å². The molecule has 7 nitrogen and oxygen atoms in total. The molecular formula is C22H28ClN5O2. The summed E-state index contributed by atoms with van der Waals surface area (Å²) in [7, 11) is 3.93. The van der Waals surface area contributed by atoms with Crippen LogP contribution in [0.2, 0.25) is 5.02 Å². The molecule has 0 unspecified atom stereocenters. The smallest absolute Gasteiger partial charge is 0.120 e. The van der Waals surface area contributed by atoms with E-state index in [4.69, 9.17) is 26.2 Å². The van der Waals surface area contributed by atoms with Gasteiger partial charge >= 0.3 is 0 Å². The second kappa shape index (κ2) is 9.20. The van der Waals surface area contributed by atoms with Crippen molar-refractivity contribution in [2.45, 2.75) is 26.0 Å². The van der Waals surface area contributed by atoms with Gasteiger partial charge in [-0.25, -0.2) is 0 Å². The maximum absolute atomic E-state index is 6.04. The van der Waals surface area contributed by atoms with Crippen molar-refractivity contribution in [3.63, 3.8) is 0 Å². The molecule has 0 amide bonds. The van der Waals surface area contributed by atoms with Crippen molar-refractivity contribution >= 4 is 11.6 Å². The van der Waals surface area contributed by atoms with Gasteiger partial charge in [0, 0.05) is 62.6 Å². The first-order valence-corrected chi connectivity index (χ1v) is 10.6. The fraction of sp³-hybridized carbons (Fsp3) is 0.455. The summed E-state index contributed by atoms with van der Waals surface area (Å²) in [4.78, 5) is 2.41. The van der Waals surface area contributed by atoms with Gasteiger partial charge in [0.15, 0.2) is 0 Å². The van der Waals surface area contributed by atoms with Gasteiger partial charge in [0.1, 0.15) is 11.9 Å². The Balaban J connectivity index is 1.35. The molecule has 1 aliphatic heterocycles. The minimum Gasteiger partial charge on any atom is -0.493 e. The summed E-state index contributed by atoms with van der Waals surface area (Å²) in [6.45, 7) is 5.95. The standard InChI is InChI=1S/C22H28ClN5O2/c1-16-17(13-26(2)24-16)14-28-8-10-30-22(15-28)21-12-19(27(3)25-21)7-9-29-20-6-4-5-18(23)11-20/h4-6,11-13,22H,7-10,14-15H2,1-3H3/t22-/m1/s1. The molecule has 1 fully saturated rings. The van der Waals surface area contributed by atoms with E-state index < -0.39 is 0 Å². The lowest BCUT2D eigenvalue weighted by atomic mass is 10.1. The predicted molar refractivity (Wildman–Crippen MR) is 116 cm³/mol. The molecule has 1 atom stereocenters. The highest BCUT2D eigenvalue weighted by Gasteiger charge is 2.25. The van der Waals surface area contributed by atoms with Gasteiger partial charge in [0.2, 0.25) is 0 Å². The highest BCUT2D eigenvalue weighted by atomic mass is 35.5. The molecule has 0 bridgehead atoms. The third-order valence-electron chi connectivity index (χ3n) is 5.41. The van der Waals surface area contributed by atoms with E-state index in [0.717, 1.165) is 48.9 Å². The fourth-order valence-electron chi connectivity index (χ4n) is 3.82. The van der Waals surface area contributed by atoms with E-state index in [-0.39, 0.29) is 6.10 Å². The van der Waals surface area contributed by atoms with Gasteiger partial charge in [0.05, 0.1) is 24.6 Å². The largest absolute Gasteiger partial charge is 0.493 e. The molecular weight excluding hydrogens is 402 g/mol. The van der Waals surface area contributed by atoms with Gasteiger partial charge in [-0.2, -0.15) is 10.2 Å². The normalized spacial score (nSPS) is 17.4. The van der Waals surface area contributed by atoms with Crippen LogP contribution < -0.4 is 4.74 Å². The van der Waals surface area contributed by atoms with E-state index >= 15 is 0 Å². The molecule has 3 heterocycles. The molecule has 30 heavy (non-hydrogen) atoms. The van der Waals surface area contributed by atoms with Crippen LogP contribution in [-0.4, -0.2) is 50.8 Å². The first-order valence-electron chi connectivity index (χ1n) is 10.2. The number of aryl methyl sites for hydroxylation is 3. The molecule has 0 radical (unpaired) electrons. The summed E-state index contributed by atoms with van der Waals surface area (Å²) in [5.41, 5.74) is 4.44. The second-order valence-corrected chi connectivity index (χ2v) is 8.18. The SMILES string of the molecule is Cc1nn(C)cc1CN1CCO[C@@H](c2cc(CCOc3cccc(Cl)c3)n(C)n2)C1. The van der Waals surface area contributed by atoms with Gasteiger partial charge in [0.25, 0.3) is 0 Å². The first-order chi connectivity index (χ1) is 14.5. The number of hydrogen-bond acceptors (Lipinski definition) is 5. The lowest BCUT2D eigenvalue weighted by Gasteiger charge is -2.31. The molecule has 8 heteroatoms. The van der Waals surface area contributed by atoms with Crippen LogP contribution in [0.15, 0.2) is 36.5 Å². The van der Waals surface area contributed by atoms with Crippen molar-refractivity contribution in [3.8, 4) is 5.75 Å². The van der Waals surface area contributed by atoms with E-state index in [9.17, 15) is 0 Å². The number of ether oxygens (including phenoxy) is 2. The van der Waals surface area contributed by atoms with Crippen LogP contribution in [-0.2, 0) is 31.8 Å². The van der Waals surface area contributed by atoms with Crippen LogP contribution in [0.4, 0.5) is 0 Å². The quantitative estimate of drug-likeness (QED) is 0.576. The minimum absolute atomic E-state index is 0.0236. The van der Waals surface area contributed by atoms with E-state index in [2.05, 4.69) is 29.2 Å². The van der Waals surface area contributed by atoms with Crippen molar-refractivity contribution in [3.05, 3.63) is 64.2 Å². The number of nitrogens with zero attached hydrogens (tertiary/aromatic N) is 5. The van der Waals surface area contributed by atoms with E-state index in [1.165, 1.54) is 5.56 Å². The number of rotatable bonds is 7. The van der Waals surface area contributed by atoms with Crippen molar-refractivity contribution < 1.29 is 9.47 Å². The summed E-state index contributed by atoms with van der Waals surface area (Å²) in [6.07, 6.45) is 2.84. The lowest BCUT2D eigenvalue weighted by molar-refractivity contribution is -0.0352. The third-order valence-corrected chi connectivity index (χ3v) is 5.64. The van der Waals surface area contributed by atoms with Crippen molar-refractivity contribution in [1.29, 1.82) is 0 Å². The van der Waals surface area contributed by atoms with E-state index in [0.29, 0.717) is 18.2 Å². The Morgan fingerprint density at radius 2 is 2.10 bits per heavy atom. The zero-order valence-electron chi connectivity index (χ0n) is 17.7. The Kier molecular flexibility index (Phi) is 6.41. The number of benzene rings is 1. The Bertz CT molecular complexity index is 999. The first kappa shape index (κ1) is 20.9. The molecule has 4 rings (SSSR count). The Labute approximate surface area is 182 Å². The molecule has 2 aromatic heterocycles. The zero-order valence-corrected chi connectivity index (χ0v) is 18.5. The summed E-state index contributed by atoms with van der Waals surface area (Å²) in [6, 6.07) is 9.59. The molecule has 0 aliphatic carbocycles. The predicted octanol–water partition coefficient (Wildman–Crippen LogP) is 3.31. The summed E-state index contributed by atoms with van der Waals surface area (Å²) >= 11 is 6.01. The van der Waals surface area contributed by atoms with Crippen LogP contribution >= 0.6 is 11.6 Å². The zero-order chi connectivity index (χ0) is 21.1. The van der Waals surface area contributed by atoms with Crippen LogP contribution in [0, 0.1) is 6.92 Å². The number of hydrogen-bond donors (Lipinski definition) is 0. The average Bonchev–Trinajstić information content (AvgIpc) is 3.23. The molecule has 0 spiro atoms. The van der Waals surface area contributed by atoms with Gasteiger partial charge < -0.3 is 9.47 Å². The molecule has 1 aliphatic rings. The molecule has 0 N–H and O–H groups in total. The van der Waals surface area contributed by atoms with Gasteiger partial charge in [-0.05, 0) is 31.2 Å². The highest BCUT2D eigenvalue weighted by molar-refractivity contribution is 6.30. The third kappa shape index (κ3) is 5.03. The lowest BCUT2D eigenvalue weighted by Crippen LogP contribution is -2.38. The molecule has 160 valence electrons. The van der Waals surface area contributed by atoms with Crippen LogP contribution in [0.25, 0.3) is 0 Å². The maximum atomic E-state index is 6.04. The molecule has 1 saturated heterocycles. The Hall–Kier alpha value is -2.35. The molecule has 0 saturated carbocycles. The number of morpholine rings is 1. The summed E-state index contributed by atoms with van der Waals surface area (Å²) < 4.78 is 15.7. The van der Waals surface area contributed by atoms with Crippen LogP contribution in [0.3, 0.4) is 0 Å². The molecule has 3 aromatic rings. The Morgan fingerprint density at radius 3 is 2.87 bits per heavy atom. The van der Waals surface area contributed by atoms with Gasteiger partial charge in [-0.15, -0.1) is 0 Å². The van der Waals surface area contributed by atoms with Crippen molar-refractivity contribution in [2.24, 2.45) is 14.1 Å². The monoisotopic (exact) mass is 429 g/mol. The number of aromatic nitrogens is 4. The topological polar surface area (TPSA) is 57.3 Å². The van der Waals surface area contributed by atoms with Gasteiger partial charge in [-0.3, -0.25) is 14.3 Å². The number of halogens is 1. The minimum atomic E-state index is -0.0236. The molecule has 1 aromatic carbocycles. The van der Waals surface area contributed by atoms with E-state index in [1.54, 1.807) is 0 Å². The maximum Gasteiger partial charge on any atom is 0.120 e. The van der Waals surface area contributed by atoms with E-state index in [1.807, 2.05) is 47.7 Å². The van der Waals surface area contributed by atoms with Gasteiger partial charge in [-0.1, -0.05) is 17.7 Å². The fourth-order valence-corrected chi connectivity index (χ4v) is 4.00. The Morgan fingerprint density at radius 1 is 1.23 bits per heavy atom. The van der Waals surface area contributed by atoms with Crippen LogP contribution in [0.5, 0.6) is 5.75 Å². The average molecular weight is 430 g/mol. The summed E-state index contributed by atoms with van der Waals surface area (Å²) in [5, 5.41) is 9.83. The van der Waals surface area contributed by atoms with Crippen molar-refractivity contribution in [1.82, 2.24) is 24.5 Å². The summed E-state index contributed by atoms with van der Waals surface area (Å²) in [5.74, 6) is 0.779.